The maximum absolute atomic E-state index is 11.9. The van der Waals surface area contributed by atoms with E-state index in [-0.39, 0.29) is 5.91 Å². The average Bonchev–Trinajstić information content (AvgIpc) is 3.26. The van der Waals surface area contributed by atoms with Crippen LogP contribution in [0.3, 0.4) is 0 Å². The number of rotatable bonds is 7. The lowest BCUT2D eigenvalue weighted by atomic mass is 10.2. The fourth-order valence-electron chi connectivity index (χ4n) is 3.58. The van der Waals surface area contributed by atoms with Crippen LogP contribution in [0.4, 0.5) is 17.3 Å². The minimum Gasteiger partial charge on any atom is -0.474 e. The highest BCUT2D eigenvalue weighted by atomic mass is 16.5. The van der Waals surface area contributed by atoms with E-state index in [0.717, 1.165) is 27.5 Å². The van der Waals surface area contributed by atoms with Crippen LogP contribution in [0.5, 0.6) is 5.88 Å². The number of pyridine rings is 1. The zero-order chi connectivity index (χ0) is 23.3. The van der Waals surface area contributed by atoms with Crippen molar-refractivity contribution in [1.82, 2.24) is 19.9 Å². The zero-order valence-electron chi connectivity index (χ0n) is 18.4. The van der Waals surface area contributed by atoms with Gasteiger partial charge in [0.25, 0.3) is 0 Å². The number of ether oxygens (including phenoxy) is 1. The van der Waals surface area contributed by atoms with E-state index in [1.165, 1.54) is 12.4 Å². The second-order valence-corrected chi connectivity index (χ2v) is 7.63. The molecule has 3 aromatic heterocycles. The van der Waals surface area contributed by atoms with Crippen molar-refractivity contribution in [2.75, 3.05) is 10.6 Å². The molecule has 8 nitrogen and oxygen atoms in total. The van der Waals surface area contributed by atoms with Gasteiger partial charge in [0.2, 0.25) is 5.91 Å². The standard InChI is InChI=1S/C26H22N6O2/c1-2-6-24(33)32-23-13-20-22(14-27-23)28-16-29-26(20)30-19-9-10-21-18(11-19)12-25(31-21)34-15-17-7-4-3-5-8-17/h2-14,16,31H,15H2,1H3,(H,27,32,33)(H,28,29,30)/b6-2+. The molecule has 8 heteroatoms. The second kappa shape index (κ2) is 9.41. The van der Waals surface area contributed by atoms with Crippen LogP contribution in [0.15, 0.2) is 85.3 Å². The van der Waals surface area contributed by atoms with Crippen LogP contribution in [0.2, 0.25) is 0 Å². The lowest BCUT2D eigenvalue weighted by molar-refractivity contribution is -0.111. The Morgan fingerprint density at radius 1 is 1.06 bits per heavy atom. The lowest BCUT2D eigenvalue weighted by Gasteiger charge is -2.09. The largest absolute Gasteiger partial charge is 0.474 e. The number of aromatic nitrogens is 4. The Bertz CT molecular complexity index is 1490. The van der Waals surface area contributed by atoms with Crippen molar-refractivity contribution < 1.29 is 9.53 Å². The van der Waals surface area contributed by atoms with Gasteiger partial charge in [-0.25, -0.2) is 15.0 Å². The molecule has 0 fully saturated rings. The van der Waals surface area contributed by atoms with E-state index in [4.69, 9.17) is 4.74 Å². The van der Waals surface area contributed by atoms with Gasteiger partial charge in [-0.1, -0.05) is 36.4 Å². The molecule has 0 saturated carbocycles. The molecule has 34 heavy (non-hydrogen) atoms. The van der Waals surface area contributed by atoms with Crippen LogP contribution in [0, 0.1) is 0 Å². The van der Waals surface area contributed by atoms with E-state index in [9.17, 15) is 4.79 Å². The molecular weight excluding hydrogens is 428 g/mol. The summed E-state index contributed by atoms with van der Waals surface area (Å²) in [6, 6.07) is 19.7. The first-order valence-electron chi connectivity index (χ1n) is 10.8. The number of nitrogens with zero attached hydrogens (tertiary/aromatic N) is 3. The molecule has 0 atom stereocenters. The number of aromatic amines is 1. The van der Waals surface area contributed by atoms with Crippen molar-refractivity contribution in [3.05, 3.63) is 90.9 Å². The van der Waals surface area contributed by atoms with E-state index in [1.54, 1.807) is 25.3 Å². The fraction of sp³-hybridized carbons (Fsp3) is 0.0769. The van der Waals surface area contributed by atoms with E-state index >= 15 is 0 Å². The predicted octanol–water partition coefficient (Wildman–Crippen LogP) is 5.34. The number of anilines is 3. The molecular formula is C26H22N6O2. The van der Waals surface area contributed by atoms with Gasteiger partial charge < -0.3 is 20.4 Å². The molecule has 0 unspecified atom stereocenters. The van der Waals surface area contributed by atoms with Gasteiger partial charge in [-0.05, 0) is 42.8 Å². The van der Waals surface area contributed by atoms with E-state index in [2.05, 4.69) is 30.6 Å². The van der Waals surface area contributed by atoms with Gasteiger partial charge in [0.15, 0.2) is 5.88 Å². The van der Waals surface area contributed by atoms with Crippen LogP contribution in [0.1, 0.15) is 12.5 Å². The predicted molar refractivity (Wildman–Crippen MR) is 133 cm³/mol. The molecule has 0 radical (unpaired) electrons. The summed E-state index contributed by atoms with van der Waals surface area (Å²) in [6.45, 7) is 2.27. The first kappa shape index (κ1) is 21.1. The molecule has 1 amide bonds. The zero-order valence-corrected chi connectivity index (χ0v) is 18.4. The van der Waals surface area contributed by atoms with Gasteiger partial charge in [-0.15, -0.1) is 0 Å². The number of hydrogen-bond acceptors (Lipinski definition) is 6. The monoisotopic (exact) mass is 450 g/mol. The third kappa shape index (κ3) is 4.71. The van der Waals surface area contributed by atoms with Crippen LogP contribution < -0.4 is 15.4 Å². The average molecular weight is 451 g/mol. The molecule has 0 spiro atoms. The highest BCUT2D eigenvalue weighted by Gasteiger charge is 2.09. The summed E-state index contributed by atoms with van der Waals surface area (Å²) in [5.41, 5.74) is 3.60. The molecule has 0 aliphatic rings. The molecule has 3 heterocycles. The van der Waals surface area contributed by atoms with Gasteiger partial charge in [-0.3, -0.25) is 4.79 Å². The minimum absolute atomic E-state index is 0.246. The molecule has 168 valence electrons. The van der Waals surface area contributed by atoms with E-state index in [1.807, 2.05) is 54.6 Å². The van der Waals surface area contributed by atoms with Crippen molar-refractivity contribution in [3.63, 3.8) is 0 Å². The van der Waals surface area contributed by atoms with Crippen molar-refractivity contribution in [2.45, 2.75) is 13.5 Å². The number of fused-ring (bicyclic) bond motifs is 2. The molecule has 0 aliphatic heterocycles. The minimum atomic E-state index is -0.246. The SMILES string of the molecule is C/C=C/C(=O)Nc1cc2c(Nc3ccc4[nH]c(OCc5ccccc5)cc4c3)ncnc2cn1. The second-order valence-electron chi connectivity index (χ2n) is 7.63. The maximum atomic E-state index is 11.9. The van der Waals surface area contributed by atoms with Crippen molar-refractivity contribution in [1.29, 1.82) is 0 Å². The van der Waals surface area contributed by atoms with Crippen molar-refractivity contribution in [3.8, 4) is 5.88 Å². The summed E-state index contributed by atoms with van der Waals surface area (Å²) in [5.74, 6) is 1.50. The van der Waals surface area contributed by atoms with Crippen molar-refractivity contribution in [2.24, 2.45) is 0 Å². The lowest BCUT2D eigenvalue weighted by Crippen LogP contribution is -2.09. The number of nitrogens with one attached hydrogen (secondary N) is 3. The molecule has 0 aliphatic carbocycles. The summed E-state index contributed by atoms with van der Waals surface area (Å²) in [5, 5.41) is 7.84. The highest BCUT2D eigenvalue weighted by Crippen LogP contribution is 2.28. The van der Waals surface area contributed by atoms with E-state index < -0.39 is 0 Å². The number of carbonyl (C=O) groups excluding carboxylic acids is 1. The van der Waals surface area contributed by atoms with Gasteiger partial charge in [0, 0.05) is 28.0 Å². The Hall–Kier alpha value is -4.72. The molecule has 0 bridgehead atoms. The number of allylic oxidation sites excluding steroid dienone is 1. The van der Waals surface area contributed by atoms with E-state index in [0.29, 0.717) is 29.6 Å². The van der Waals surface area contributed by atoms with Gasteiger partial charge in [-0.2, -0.15) is 0 Å². The third-order valence-electron chi connectivity index (χ3n) is 5.19. The molecule has 5 rings (SSSR count). The number of amides is 1. The molecule has 0 saturated heterocycles. The Kier molecular flexibility index (Phi) is 5.85. The summed E-state index contributed by atoms with van der Waals surface area (Å²) in [4.78, 5) is 28.1. The number of H-pyrrole nitrogens is 1. The van der Waals surface area contributed by atoms with Crippen LogP contribution in [-0.2, 0) is 11.4 Å². The van der Waals surface area contributed by atoms with Crippen LogP contribution >= 0.6 is 0 Å². The van der Waals surface area contributed by atoms with Gasteiger partial charge in [0.05, 0.1) is 11.7 Å². The number of carbonyl (C=O) groups is 1. The summed E-state index contributed by atoms with van der Waals surface area (Å²) < 4.78 is 5.91. The molecule has 3 N–H and O–H groups in total. The number of hydrogen-bond donors (Lipinski definition) is 3. The Morgan fingerprint density at radius 2 is 1.94 bits per heavy atom. The Balaban J connectivity index is 1.37. The highest BCUT2D eigenvalue weighted by molar-refractivity contribution is 6.00. The number of benzene rings is 2. The van der Waals surface area contributed by atoms with Crippen LogP contribution in [-0.4, -0.2) is 25.8 Å². The van der Waals surface area contributed by atoms with Gasteiger partial charge in [0.1, 0.15) is 24.6 Å². The van der Waals surface area contributed by atoms with Crippen LogP contribution in [0.25, 0.3) is 21.8 Å². The normalized spacial score (nSPS) is 11.2. The third-order valence-corrected chi connectivity index (χ3v) is 5.19. The summed E-state index contributed by atoms with van der Waals surface area (Å²) in [7, 11) is 0. The molecule has 2 aromatic carbocycles. The van der Waals surface area contributed by atoms with Crippen molar-refractivity contribution >= 4 is 45.0 Å². The topological polar surface area (TPSA) is 105 Å². The first-order chi connectivity index (χ1) is 16.7. The first-order valence-corrected chi connectivity index (χ1v) is 10.8. The summed E-state index contributed by atoms with van der Waals surface area (Å²) in [6.07, 6.45) is 6.20. The Labute approximate surface area is 195 Å². The molecule has 5 aromatic rings. The maximum Gasteiger partial charge on any atom is 0.249 e. The fourth-order valence-corrected chi connectivity index (χ4v) is 3.58. The van der Waals surface area contributed by atoms with Gasteiger partial charge >= 0.3 is 0 Å². The Morgan fingerprint density at radius 3 is 2.79 bits per heavy atom. The smallest absolute Gasteiger partial charge is 0.249 e. The quantitative estimate of drug-likeness (QED) is 0.289. The summed E-state index contributed by atoms with van der Waals surface area (Å²) >= 11 is 0.